The molecule has 0 amide bonds. The summed E-state index contributed by atoms with van der Waals surface area (Å²) in [6.07, 6.45) is 1.33. The van der Waals surface area contributed by atoms with Crippen LogP contribution in [-0.2, 0) is 11.0 Å². The first-order chi connectivity index (χ1) is 16.9. The van der Waals surface area contributed by atoms with Gasteiger partial charge >= 0.3 is 0 Å². The van der Waals surface area contributed by atoms with Gasteiger partial charge in [-0.05, 0) is 23.6 Å². The van der Waals surface area contributed by atoms with Crippen molar-refractivity contribution >= 4 is 22.5 Å². The van der Waals surface area contributed by atoms with Crippen LogP contribution in [0.5, 0.6) is 0 Å². The van der Waals surface area contributed by atoms with Gasteiger partial charge < -0.3 is 0 Å². The van der Waals surface area contributed by atoms with Crippen LogP contribution in [0.15, 0.2) is 103 Å². The fraction of sp³-hybridized carbons (Fsp3) is 0.172. The molecule has 1 aliphatic rings. The van der Waals surface area contributed by atoms with Gasteiger partial charge in [0.1, 0.15) is 10.7 Å². The number of alkyl halides is 2. The third-order valence-corrected chi connectivity index (χ3v) is 7.41. The van der Waals surface area contributed by atoms with Gasteiger partial charge in [-0.1, -0.05) is 103 Å². The van der Waals surface area contributed by atoms with Crippen molar-refractivity contribution in [1.82, 2.24) is 14.8 Å². The van der Waals surface area contributed by atoms with E-state index in [0.717, 1.165) is 16.7 Å². The molecule has 0 spiro atoms. The lowest BCUT2D eigenvalue weighted by atomic mass is 9.77. The molecule has 0 N–H and O–H groups in total. The van der Waals surface area contributed by atoms with Crippen LogP contribution >= 0.6 is 11.6 Å². The van der Waals surface area contributed by atoms with Crippen LogP contribution < -0.4 is 0 Å². The summed E-state index contributed by atoms with van der Waals surface area (Å²) in [5.41, 5.74) is 1.55. The van der Waals surface area contributed by atoms with Gasteiger partial charge in [0.15, 0.2) is 0 Å². The van der Waals surface area contributed by atoms with Gasteiger partial charge in [-0.3, -0.25) is 0 Å². The number of halogens is 3. The number of pyridine rings is 1. The maximum Gasteiger partial charge on any atom is 0.260 e. The summed E-state index contributed by atoms with van der Waals surface area (Å²) in [6.45, 7) is 1.57. The van der Waals surface area contributed by atoms with Crippen LogP contribution in [0.4, 0.5) is 8.78 Å². The third-order valence-electron chi connectivity index (χ3n) is 7.20. The number of hydrogen-bond donors (Lipinski definition) is 0. The standard InChI is InChI=1S/C29H22ClF2N3/c1-27(19-28(27,31)32)26-23-18-33-25(30)17-24(23)35(34-26)29(20-11-5-2-6-12-20,21-13-7-3-8-14-21)22-15-9-4-10-16-22/h2-18H,19H2,1H3. The second kappa shape index (κ2) is 7.72. The number of rotatable bonds is 5. The lowest BCUT2D eigenvalue weighted by Gasteiger charge is -2.37. The smallest absolute Gasteiger partial charge is 0.245 e. The number of aromatic nitrogens is 3. The minimum atomic E-state index is -2.83. The number of fused-ring (bicyclic) bond motifs is 1. The molecule has 1 saturated carbocycles. The highest BCUT2D eigenvalue weighted by atomic mass is 35.5. The Kier molecular flexibility index (Phi) is 4.84. The second-order valence-electron chi connectivity index (χ2n) is 9.31. The number of nitrogens with zero attached hydrogens (tertiary/aromatic N) is 3. The zero-order chi connectivity index (χ0) is 24.3. The van der Waals surface area contributed by atoms with Crippen molar-refractivity contribution < 1.29 is 8.78 Å². The lowest BCUT2D eigenvalue weighted by molar-refractivity contribution is 0.0911. The van der Waals surface area contributed by atoms with Crippen molar-refractivity contribution in [3.05, 3.63) is 131 Å². The monoisotopic (exact) mass is 485 g/mol. The second-order valence-corrected chi connectivity index (χ2v) is 9.69. The Bertz CT molecular complexity index is 1420. The fourth-order valence-electron chi connectivity index (χ4n) is 5.21. The van der Waals surface area contributed by atoms with E-state index in [-0.39, 0.29) is 11.6 Å². The molecule has 3 nitrogen and oxygen atoms in total. The summed E-state index contributed by atoms with van der Waals surface area (Å²) in [5.74, 6) is -2.83. The molecule has 3 aromatic carbocycles. The van der Waals surface area contributed by atoms with Crippen LogP contribution in [0.1, 0.15) is 35.7 Å². The average Bonchev–Trinajstić information content (AvgIpc) is 3.20. The summed E-state index contributed by atoms with van der Waals surface area (Å²) in [5, 5.41) is 5.86. The predicted molar refractivity (Wildman–Crippen MR) is 134 cm³/mol. The highest BCUT2D eigenvalue weighted by molar-refractivity contribution is 6.30. The van der Waals surface area contributed by atoms with Gasteiger partial charge in [-0.25, -0.2) is 18.4 Å². The molecule has 1 fully saturated rings. The van der Waals surface area contributed by atoms with Gasteiger partial charge in [-0.15, -0.1) is 0 Å². The summed E-state index contributed by atoms with van der Waals surface area (Å²) < 4.78 is 31.2. The van der Waals surface area contributed by atoms with Crippen molar-refractivity contribution in [1.29, 1.82) is 0 Å². The minimum Gasteiger partial charge on any atom is -0.245 e. The van der Waals surface area contributed by atoms with E-state index in [1.165, 1.54) is 0 Å². The van der Waals surface area contributed by atoms with E-state index >= 15 is 0 Å². The Morgan fingerprint density at radius 2 is 1.29 bits per heavy atom. The molecule has 0 saturated heterocycles. The summed E-state index contributed by atoms with van der Waals surface area (Å²) in [4.78, 5) is 4.24. The zero-order valence-corrected chi connectivity index (χ0v) is 19.8. The van der Waals surface area contributed by atoms with E-state index < -0.39 is 16.9 Å². The summed E-state index contributed by atoms with van der Waals surface area (Å²) in [6, 6.07) is 31.8. The van der Waals surface area contributed by atoms with Gasteiger partial charge in [-0.2, -0.15) is 5.10 Å². The molecule has 1 unspecified atom stereocenters. The maximum atomic E-state index is 14.7. The Balaban J connectivity index is 1.79. The van der Waals surface area contributed by atoms with Crippen molar-refractivity contribution in [3.63, 3.8) is 0 Å². The zero-order valence-electron chi connectivity index (χ0n) is 19.0. The van der Waals surface area contributed by atoms with E-state index in [4.69, 9.17) is 16.7 Å². The minimum absolute atomic E-state index is 0.246. The van der Waals surface area contributed by atoms with Crippen LogP contribution in [0.3, 0.4) is 0 Å². The van der Waals surface area contributed by atoms with E-state index in [2.05, 4.69) is 4.98 Å². The van der Waals surface area contributed by atoms with Crippen molar-refractivity contribution in [2.75, 3.05) is 0 Å². The third kappa shape index (κ3) is 3.15. The molecule has 0 bridgehead atoms. The quantitative estimate of drug-likeness (QED) is 0.194. The Labute approximate surface area is 207 Å². The molecule has 2 heterocycles. The topological polar surface area (TPSA) is 30.7 Å². The van der Waals surface area contributed by atoms with Crippen LogP contribution in [0.25, 0.3) is 10.9 Å². The van der Waals surface area contributed by atoms with Gasteiger partial charge in [0.25, 0.3) is 5.92 Å². The summed E-state index contributed by atoms with van der Waals surface area (Å²) >= 11 is 6.37. The molecule has 0 radical (unpaired) electrons. The van der Waals surface area contributed by atoms with Gasteiger partial charge in [0.2, 0.25) is 0 Å². The average molecular weight is 486 g/mol. The summed E-state index contributed by atoms with van der Waals surface area (Å²) in [7, 11) is 0. The predicted octanol–water partition coefficient (Wildman–Crippen LogP) is 7.22. The van der Waals surface area contributed by atoms with E-state index in [1.54, 1.807) is 19.2 Å². The Morgan fingerprint density at radius 3 is 1.71 bits per heavy atom. The largest absolute Gasteiger partial charge is 0.260 e. The first-order valence-corrected chi connectivity index (χ1v) is 11.9. The Morgan fingerprint density at radius 1 is 0.829 bits per heavy atom. The van der Waals surface area contributed by atoms with Crippen molar-refractivity contribution in [3.8, 4) is 0 Å². The molecule has 6 rings (SSSR count). The van der Waals surface area contributed by atoms with E-state index in [9.17, 15) is 8.78 Å². The van der Waals surface area contributed by atoms with E-state index in [1.807, 2.05) is 95.7 Å². The molecule has 35 heavy (non-hydrogen) atoms. The molecule has 174 valence electrons. The maximum absolute atomic E-state index is 14.7. The molecular formula is C29H22ClF2N3. The first kappa shape index (κ1) is 21.9. The number of benzene rings is 3. The normalized spacial score (nSPS) is 19.1. The van der Waals surface area contributed by atoms with Gasteiger partial charge in [0, 0.05) is 24.1 Å². The van der Waals surface area contributed by atoms with Crippen LogP contribution in [0, 0.1) is 0 Å². The van der Waals surface area contributed by atoms with Crippen LogP contribution in [-0.4, -0.2) is 20.7 Å². The number of hydrogen-bond acceptors (Lipinski definition) is 2. The SMILES string of the molecule is CC1(c2nn(C(c3ccccc3)(c3ccccc3)c3ccccc3)c3cc(Cl)ncc23)CC1(F)F. The Hall–Kier alpha value is -3.57. The molecule has 0 aliphatic heterocycles. The molecule has 1 aliphatic carbocycles. The van der Waals surface area contributed by atoms with Crippen LogP contribution in [0.2, 0.25) is 5.15 Å². The van der Waals surface area contributed by atoms with E-state index in [0.29, 0.717) is 16.6 Å². The molecule has 1 atom stereocenters. The fourth-order valence-corrected chi connectivity index (χ4v) is 5.36. The first-order valence-electron chi connectivity index (χ1n) is 11.5. The van der Waals surface area contributed by atoms with Gasteiger partial charge in [0.05, 0.1) is 16.6 Å². The van der Waals surface area contributed by atoms with Crippen molar-refractivity contribution in [2.45, 2.75) is 30.2 Å². The molecular weight excluding hydrogens is 464 g/mol. The molecule has 2 aromatic heterocycles. The molecule has 5 aromatic rings. The highest BCUT2D eigenvalue weighted by Crippen LogP contribution is 2.62. The highest BCUT2D eigenvalue weighted by Gasteiger charge is 2.70. The van der Waals surface area contributed by atoms with Crippen molar-refractivity contribution in [2.24, 2.45) is 0 Å². The lowest BCUT2D eigenvalue weighted by Crippen LogP contribution is -2.38. The molecule has 6 heteroatoms.